The maximum Gasteiger partial charge on any atom is 0.0987 e. The van der Waals surface area contributed by atoms with Gasteiger partial charge in [-0.25, -0.2) is 0 Å². The van der Waals surface area contributed by atoms with Gasteiger partial charge in [0.25, 0.3) is 0 Å². The predicted octanol–water partition coefficient (Wildman–Crippen LogP) is 2.84. The third kappa shape index (κ3) is 3.35. The van der Waals surface area contributed by atoms with E-state index in [0.717, 1.165) is 13.0 Å². The first-order valence-electron chi connectivity index (χ1n) is 7.12. The highest BCUT2D eigenvalue weighted by Gasteiger charge is 2.42. The third-order valence-electron chi connectivity index (χ3n) is 3.91. The van der Waals surface area contributed by atoms with Gasteiger partial charge in [-0.2, -0.15) is 0 Å². The van der Waals surface area contributed by atoms with Gasteiger partial charge in [0.05, 0.1) is 12.2 Å². The van der Waals surface area contributed by atoms with E-state index < -0.39 is 0 Å². The van der Waals surface area contributed by atoms with Crippen LogP contribution in [0.25, 0.3) is 0 Å². The molecule has 0 radical (unpaired) electrons. The highest BCUT2D eigenvalue weighted by Crippen LogP contribution is 2.29. The van der Waals surface area contributed by atoms with Gasteiger partial charge in [0.2, 0.25) is 0 Å². The van der Waals surface area contributed by atoms with Crippen LogP contribution in [0.4, 0.5) is 0 Å². The van der Waals surface area contributed by atoms with E-state index in [4.69, 9.17) is 9.47 Å². The molecule has 2 rings (SSSR count). The topological polar surface area (TPSA) is 30.5 Å². The predicted molar refractivity (Wildman–Crippen MR) is 77.3 cm³/mol. The molecule has 3 heteroatoms. The molecular formula is C16H25NO2. The monoisotopic (exact) mass is 263 g/mol. The molecule has 4 atom stereocenters. The Labute approximate surface area is 116 Å². The summed E-state index contributed by atoms with van der Waals surface area (Å²) in [6, 6.07) is 9.37. The lowest BCUT2D eigenvalue weighted by molar-refractivity contribution is -0.133. The van der Waals surface area contributed by atoms with Crippen LogP contribution in [0.15, 0.2) is 24.3 Å². The Morgan fingerprint density at radius 2 is 2.21 bits per heavy atom. The zero-order valence-electron chi connectivity index (χ0n) is 12.3. The maximum absolute atomic E-state index is 5.65. The molecule has 19 heavy (non-hydrogen) atoms. The van der Waals surface area contributed by atoms with Crippen molar-refractivity contribution in [1.82, 2.24) is 5.32 Å². The second kappa shape index (κ2) is 6.51. The Morgan fingerprint density at radius 3 is 2.84 bits per heavy atom. The van der Waals surface area contributed by atoms with E-state index in [1.807, 2.05) is 6.92 Å². The number of methoxy groups -OCH3 is 1. The molecule has 0 aromatic heterocycles. The molecule has 0 aliphatic heterocycles. The van der Waals surface area contributed by atoms with Crippen molar-refractivity contribution in [2.75, 3.05) is 13.7 Å². The lowest BCUT2D eigenvalue weighted by Gasteiger charge is -2.44. The van der Waals surface area contributed by atoms with Gasteiger partial charge in [-0.1, -0.05) is 29.8 Å². The number of ether oxygens (including phenoxy) is 2. The normalized spacial score (nSPS) is 27.9. The first-order valence-corrected chi connectivity index (χ1v) is 7.12. The SMILES string of the molecule is CCOC1CC(N[C@H](C)c2cccc(C)c2)C1OC. The Bertz CT molecular complexity index is 407. The summed E-state index contributed by atoms with van der Waals surface area (Å²) in [6.07, 6.45) is 1.45. The van der Waals surface area contributed by atoms with Crippen LogP contribution in [0.2, 0.25) is 0 Å². The van der Waals surface area contributed by atoms with Gasteiger partial charge in [-0.05, 0) is 32.8 Å². The van der Waals surface area contributed by atoms with Gasteiger partial charge in [0.1, 0.15) is 0 Å². The number of benzene rings is 1. The molecule has 0 saturated heterocycles. The number of hydrogen-bond donors (Lipinski definition) is 1. The summed E-state index contributed by atoms with van der Waals surface area (Å²) in [5.41, 5.74) is 2.63. The molecule has 0 heterocycles. The molecule has 1 N–H and O–H groups in total. The number of hydrogen-bond acceptors (Lipinski definition) is 3. The van der Waals surface area contributed by atoms with Gasteiger partial charge in [-0.15, -0.1) is 0 Å². The molecule has 0 bridgehead atoms. The summed E-state index contributed by atoms with van der Waals surface area (Å²) < 4.78 is 11.2. The quantitative estimate of drug-likeness (QED) is 0.856. The summed E-state index contributed by atoms with van der Waals surface area (Å²) in [4.78, 5) is 0. The first-order chi connectivity index (χ1) is 9.15. The van der Waals surface area contributed by atoms with Crippen LogP contribution in [0, 0.1) is 6.92 Å². The van der Waals surface area contributed by atoms with Gasteiger partial charge < -0.3 is 14.8 Å². The van der Waals surface area contributed by atoms with Crippen molar-refractivity contribution in [2.45, 2.75) is 51.5 Å². The van der Waals surface area contributed by atoms with E-state index >= 15 is 0 Å². The summed E-state index contributed by atoms with van der Waals surface area (Å²) in [5, 5.41) is 3.64. The van der Waals surface area contributed by atoms with Crippen LogP contribution < -0.4 is 5.32 Å². The second-order valence-electron chi connectivity index (χ2n) is 5.34. The van der Waals surface area contributed by atoms with Gasteiger partial charge >= 0.3 is 0 Å². The van der Waals surface area contributed by atoms with Crippen LogP contribution in [-0.2, 0) is 9.47 Å². The Balaban J connectivity index is 1.91. The van der Waals surface area contributed by atoms with Crippen molar-refractivity contribution in [3.63, 3.8) is 0 Å². The van der Waals surface area contributed by atoms with Gasteiger partial charge in [0, 0.05) is 25.8 Å². The minimum Gasteiger partial charge on any atom is -0.377 e. The fraction of sp³-hybridized carbons (Fsp3) is 0.625. The zero-order valence-corrected chi connectivity index (χ0v) is 12.3. The highest BCUT2D eigenvalue weighted by atomic mass is 16.5. The Hall–Kier alpha value is -0.900. The molecule has 106 valence electrons. The molecule has 0 amide bonds. The summed E-state index contributed by atoms with van der Waals surface area (Å²) >= 11 is 0. The van der Waals surface area contributed by atoms with E-state index in [0.29, 0.717) is 12.1 Å². The van der Waals surface area contributed by atoms with Gasteiger partial charge in [0.15, 0.2) is 0 Å². The maximum atomic E-state index is 5.65. The highest BCUT2D eigenvalue weighted by molar-refractivity contribution is 5.25. The molecule has 1 aromatic carbocycles. The van der Waals surface area contributed by atoms with E-state index in [9.17, 15) is 0 Å². The molecular weight excluding hydrogens is 238 g/mol. The van der Waals surface area contributed by atoms with Crippen LogP contribution >= 0.6 is 0 Å². The lowest BCUT2D eigenvalue weighted by Crippen LogP contribution is -2.60. The van der Waals surface area contributed by atoms with E-state index in [2.05, 4.69) is 43.4 Å². The van der Waals surface area contributed by atoms with Crippen LogP contribution in [0.3, 0.4) is 0 Å². The molecule has 1 saturated carbocycles. The number of nitrogens with one attached hydrogen (secondary N) is 1. The van der Waals surface area contributed by atoms with E-state index in [1.54, 1.807) is 7.11 Å². The Kier molecular flexibility index (Phi) is 4.97. The molecule has 3 nitrogen and oxygen atoms in total. The third-order valence-corrected chi connectivity index (χ3v) is 3.91. The molecule has 1 aliphatic carbocycles. The molecule has 0 spiro atoms. The lowest BCUT2D eigenvalue weighted by atomic mass is 9.84. The average molecular weight is 263 g/mol. The van der Waals surface area contributed by atoms with Gasteiger partial charge in [-0.3, -0.25) is 0 Å². The van der Waals surface area contributed by atoms with Crippen molar-refractivity contribution in [1.29, 1.82) is 0 Å². The number of aryl methyl sites for hydroxylation is 1. The molecule has 1 aromatic rings. The van der Waals surface area contributed by atoms with Crippen molar-refractivity contribution in [3.8, 4) is 0 Å². The van der Waals surface area contributed by atoms with Crippen molar-refractivity contribution in [2.24, 2.45) is 0 Å². The van der Waals surface area contributed by atoms with Crippen LogP contribution in [0.5, 0.6) is 0 Å². The largest absolute Gasteiger partial charge is 0.377 e. The summed E-state index contributed by atoms with van der Waals surface area (Å²) in [7, 11) is 1.77. The Morgan fingerprint density at radius 1 is 1.42 bits per heavy atom. The van der Waals surface area contributed by atoms with E-state index in [1.165, 1.54) is 11.1 Å². The molecule has 3 unspecified atom stereocenters. The smallest absolute Gasteiger partial charge is 0.0987 e. The average Bonchev–Trinajstić information content (AvgIpc) is 2.37. The van der Waals surface area contributed by atoms with Crippen LogP contribution in [-0.4, -0.2) is 32.0 Å². The fourth-order valence-corrected chi connectivity index (χ4v) is 2.79. The first kappa shape index (κ1) is 14.5. The summed E-state index contributed by atoms with van der Waals surface area (Å²) in [6.45, 7) is 7.12. The fourth-order valence-electron chi connectivity index (χ4n) is 2.79. The number of rotatable bonds is 6. The van der Waals surface area contributed by atoms with Crippen molar-refractivity contribution in [3.05, 3.63) is 35.4 Å². The van der Waals surface area contributed by atoms with Crippen molar-refractivity contribution >= 4 is 0 Å². The molecule has 1 aliphatic rings. The minimum absolute atomic E-state index is 0.173. The van der Waals surface area contributed by atoms with Crippen molar-refractivity contribution < 1.29 is 9.47 Å². The zero-order chi connectivity index (χ0) is 13.8. The van der Waals surface area contributed by atoms with E-state index in [-0.39, 0.29) is 12.2 Å². The molecule has 1 fully saturated rings. The minimum atomic E-state index is 0.173. The summed E-state index contributed by atoms with van der Waals surface area (Å²) in [5.74, 6) is 0. The second-order valence-corrected chi connectivity index (χ2v) is 5.34. The van der Waals surface area contributed by atoms with Crippen LogP contribution in [0.1, 0.15) is 37.4 Å². The standard InChI is InChI=1S/C16H25NO2/c1-5-19-15-10-14(16(15)18-4)17-12(3)13-8-6-7-11(2)9-13/h6-9,12,14-17H,5,10H2,1-4H3/t12-,14?,15?,16?/m1/s1.